The van der Waals surface area contributed by atoms with E-state index in [1.165, 1.54) is 34.7 Å². The number of nitrogens with one attached hydrogen (secondary N) is 3. The van der Waals surface area contributed by atoms with Crippen molar-refractivity contribution < 1.29 is 14.4 Å². The van der Waals surface area contributed by atoms with Crippen molar-refractivity contribution in [2.24, 2.45) is 0 Å². The number of nitriles is 1. The first-order valence-electron chi connectivity index (χ1n) is 16.9. The number of nitrogens with zero attached hydrogens (tertiary/aromatic N) is 2. The molecule has 0 fully saturated rings. The highest BCUT2D eigenvalue weighted by Crippen LogP contribution is 2.38. The molecule has 1 aliphatic rings. The zero-order valence-corrected chi connectivity index (χ0v) is 31.8. The molecule has 268 valence electrons. The second kappa shape index (κ2) is 17.8. The highest BCUT2D eigenvalue weighted by atomic mass is 35.5. The number of carbonyl (C=O) groups excluding carboxylic acids is 3. The Morgan fingerprint density at radius 2 is 1.70 bits per heavy atom. The molecule has 1 atom stereocenters. The van der Waals surface area contributed by atoms with E-state index in [4.69, 9.17) is 23.2 Å². The van der Waals surface area contributed by atoms with Gasteiger partial charge in [-0.05, 0) is 72.0 Å². The van der Waals surface area contributed by atoms with Crippen LogP contribution in [0.4, 0.5) is 10.7 Å². The number of carbonyl (C=O) groups is 3. The van der Waals surface area contributed by atoms with Crippen LogP contribution in [-0.2, 0) is 29.1 Å². The van der Waals surface area contributed by atoms with Crippen molar-refractivity contribution in [3.63, 3.8) is 0 Å². The second-order valence-corrected chi connectivity index (χ2v) is 15.4. The summed E-state index contributed by atoms with van der Waals surface area (Å²) in [6.45, 7) is 4.32. The number of thiophene rings is 1. The Kier molecular flexibility index (Phi) is 12.7. The summed E-state index contributed by atoms with van der Waals surface area (Å²) in [5.41, 5.74) is 4.06. The van der Waals surface area contributed by atoms with Gasteiger partial charge in [0, 0.05) is 40.7 Å². The Balaban J connectivity index is 1.14. The molecule has 0 radical (unpaired) electrons. The third-order valence-corrected chi connectivity index (χ3v) is 11.9. The van der Waals surface area contributed by atoms with Gasteiger partial charge >= 0.3 is 0 Å². The van der Waals surface area contributed by atoms with E-state index in [1.807, 2.05) is 31.2 Å². The number of rotatable bonds is 12. The highest BCUT2D eigenvalue weighted by Gasteiger charge is 2.27. The summed E-state index contributed by atoms with van der Waals surface area (Å²) < 4.78 is 0. The van der Waals surface area contributed by atoms with Gasteiger partial charge in [-0.15, -0.1) is 23.1 Å². The van der Waals surface area contributed by atoms with Crippen molar-refractivity contribution in [1.29, 1.82) is 5.26 Å². The molecule has 12 heteroatoms. The molecule has 8 nitrogen and oxygen atoms in total. The molecule has 0 aliphatic carbocycles. The standard InChI is InChI=1S/C41H35Cl2N5O3S2/c1-2-35(40(51)47-41-32(23-44)31-19-20-48(25-36(31)53-41)24-26-11-5-3-6-12-26)52-30-17-10-16-29(22-30)45-39(50)34(21-28-15-9-18-33(42)37(28)43)46-38(49)27-13-7-4-8-14-27/h3-18,21-22,35H,2,19-20,24-25H2,1H3,(H,45,50)(H,46,49)(H,47,51)/b34-21+. The molecule has 1 aliphatic heterocycles. The Labute approximate surface area is 326 Å². The van der Waals surface area contributed by atoms with Crippen LogP contribution in [0, 0.1) is 11.3 Å². The monoisotopic (exact) mass is 779 g/mol. The largest absolute Gasteiger partial charge is 0.321 e. The summed E-state index contributed by atoms with van der Waals surface area (Å²) in [6.07, 6.45) is 2.75. The summed E-state index contributed by atoms with van der Waals surface area (Å²) in [6, 6.07) is 33.4. The fourth-order valence-corrected chi connectivity index (χ4v) is 8.51. The Hall–Kier alpha value is -4.89. The van der Waals surface area contributed by atoms with Crippen LogP contribution in [0.1, 0.15) is 50.8 Å². The van der Waals surface area contributed by atoms with Gasteiger partial charge in [0.05, 0.1) is 20.9 Å². The molecule has 3 amide bonds. The number of benzene rings is 4. The first kappa shape index (κ1) is 37.9. The van der Waals surface area contributed by atoms with Gasteiger partial charge in [-0.3, -0.25) is 19.3 Å². The number of fused-ring (bicyclic) bond motifs is 1. The predicted molar refractivity (Wildman–Crippen MR) is 215 cm³/mol. The van der Waals surface area contributed by atoms with E-state index in [2.05, 4.69) is 39.1 Å². The van der Waals surface area contributed by atoms with E-state index < -0.39 is 17.1 Å². The quantitative estimate of drug-likeness (QED) is 0.0859. The van der Waals surface area contributed by atoms with Crippen LogP contribution in [0.15, 0.2) is 114 Å². The van der Waals surface area contributed by atoms with E-state index in [-0.39, 0.29) is 16.6 Å². The molecule has 0 bridgehead atoms. The smallest absolute Gasteiger partial charge is 0.272 e. The first-order valence-corrected chi connectivity index (χ1v) is 19.4. The lowest BCUT2D eigenvalue weighted by Gasteiger charge is -2.26. The van der Waals surface area contributed by atoms with Crippen LogP contribution >= 0.6 is 46.3 Å². The average molecular weight is 781 g/mol. The summed E-state index contributed by atoms with van der Waals surface area (Å²) in [5, 5.41) is 19.4. The lowest BCUT2D eigenvalue weighted by atomic mass is 10.0. The van der Waals surface area contributed by atoms with Crippen LogP contribution < -0.4 is 16.0 Å². The molecule has 6 rings (SSSR count). The molecule has 0 saturated heterocycles. The van der Waals surface area contributed by atoms with Crippen LogP contribution in [-0.4, -0.2) is 34.4 Å². The van der Waals surface area contributed by atoms with Crippen molar-refractivity contribution in [3.8, 4) is 6.07 Å². The molecule has 1 aromatic heterocycles. The fourth-order valence-electron chi connectivity index (χ4n) is 5.89. The lowest BCUT2D eigenvalue weighted by molar-refractivity contribution is -0.116. The minimum Gasteiger partial charge on any atom is -0.321 e. The molecule has 3 N–H and O–H groups in total. The van der Waals surface area contributed by atoms with E-state index in [0.29, 0.717) is 38.8 Å². The van der Waals surface area contributed by atoms with Crippen molar-refractivity contribution >= 4 is 80.8 Å². The number of hydrogen-bond acceptors (Lipinski definition) is 7. The molecule has 0 saturated carbocycles. The van der Waals surface area contributed by atoms with Gasteiger partial charge in [0.1, 0.15) is 16.8 Å². The number of hydrogen-bond donors (Lipinski definition) is 3. The van der Waals surface area contributed by atoms with Gasteiger partial charge in [-0.25, -0.2) is 0 Å². The van der Waals surface area contributed by atoms with E-state index in [9.17, 15) is 19.6 Å². The van der Waals surface area contributed by atoms with Gasteiger partial charge in [0.2, 0.25) is 5.91 Å². The van der Waals surface area contributed by atoms with Crippen LogP contribution in [0.3, 0.4) is 0 Å². The minimum absolute atomic E-state index is 0.0398. The molecule has 4 aromatic carbocycles. The van der Waals surface area contributed by atoms with E-state index >= 15 is 0 Å². The molecule has 53 heavy (non-hydrogen) atoms. The van der Waals surface area contributed by atoms with Crippen LogP contribution in [0.2, 0.25) is 10.0 Å². The molecular formula is C41H35Cl2N5O3S2. The number of halogens is 2. The summed E-state index contributed by atoms with van der Waals surface area (Å²) in [7, 11) is 0. The molecule has 1 unspecified atom stereocenters. The molecule has 2 heterocycles. The van der Waals surface area contributed by atoms with Crippen molar-refractivity contribution in [1.82, 2.24) is 10.2 Å². The van der Waals surface area contributed by atoms with Crippen molar-refractivity contribution in [3.05, 3.63) is 152 Å². The zero-order valence-electron chi connectivity index (χ0n) is 28.7. The normalized spacial score (nSPS) is 13.4. The summed E-state index contributed by atoms with van der Waals surface area (Å²) in [5.74, 6) is -1.25. The summed E-state index contributed by atoms with van der Waals surface area (Å²) >= 11 is 15.5. The maximum Gasteiger partial charge on any atom is 0.272 e. The Morgan fingerprint density at radius 3 is 2.43 bits per heavy atom. The third kappa shape index (κ3) is 9.57. The van der Waals surface area contributed by atoms with Crippen molar-refractivity contribution in [2.75, 3.05) is 17.2 Å². The molecular weight excluding hydrogens is 746 g/mol. The summed E-state index contributed by atoms with van der Waals surface area (Å²) in [4.78, 5) is 44.6. The van der Waals surface area contributed by atoms with Crippen LogP contribution in [0.5, 0.6) is 0 Å². The maximum atomic E-state index is 13.7. The van der Waals surface area contributed by atoms with Gasteiger partial charge < -0.3 is 16.0 Å². The van der Waals surface area contributed by atoms with Gasteiger partial charge in [0.25, 0.3) is 11.8 Å². The number of amides is 3. The maximum absolute atomic E-state index is 13.7. The molecule has 0 spiro atoms. The Bertz CT molecular complexity index is 2200. The fraction of sp³-hybridized carbons (Fsp3) is 0.171. The Morgan fingerprint density at radius 1 is 0.962 bits per heavy atom. The lowest BCUT2D eigenvalue weighted by Crippen LogP contribution is -2.30. The SMILES string of the molecule is CCC(Sc1cccc(NC(=O)/C(=C\c2cccc(Cl)c2Cl)NC(=O)c2ccccc2)c1)C(=O)Nc1sc2c(c1C#N)CCN(Cc1ccccc1)C2. The first-order chi connectivity index (χ1) is 25.7. The molecule has 5 aromatic rings. The van der Waals surface area contributed by atoms with Crippen LogP contribution in [0.25, 0.3) is 6.08 Å². The highest BCUT2D eigenvalue weighted by molar-refractivity contribution is 8.00. The van der Waals surface area contributed by atoms with E-state index in [0.717, 1.165) is 41.4 Å². The van der Waals surface area contributed by atoms with Gasteiger partial charge in [0.15, 0.2) is 0 Å². The zero-order chi connectivity index (χ0) is 37.3. The number of anilines is 2. The second-order valence-electron chi connectivity index (χ2n) is 12.3. The van der Waals surface area contributed by atoms with Gasteiger partial charge in [-0.2, -0.15) is 5.26 Å². The third-order valence-electron chi connectivity index (χ3n) is 8.58. The minimum atomic E-state index is -0.578. The average Bonchev–Trinajstić information content (AvgIpc) is 3.51. The van der Waals surface area contributed by atoms with E-state index in [1.54, 1.807) is 66.7 Å². The number of thioether (sulfide) groups is 1. The topological polar surface area (TPSA) is 114 Å². The predicted octanol–water partition coefficient (Wildman–Crippen LogP) is 9.40. The van der Waals surface area contributed by atoms with Crippen molar-refractivity contribution in [2.45, 2.75) is 43.0 Å². The van der Waals surface area contributed by atoms with Gasteiger partial charge in [-0.1, -0.05) is 96.9 Å².